The first-order chi connectivity index (χ1) is 12.0. The van der Waals surface area contributed by atoms with E-state index in [1.54, 1.807) is 20.2 Å². The van der Waals surface area contributed by atoms with Gasteiger partial charge in [0.1, 0.15) is 11.5 Å². The molecule has 9 nitrogen and oxygen atoms in total. The average molecular weight is 346 g/mol. The van der Waals surface area contributed by atoms with Gasteiger partial charge in [-0.1, -0.05) is 0 Å². The van der Waals surface area contributed by atoms with Crippen LogP contribution in [-0.4, -0.2) is 45.5 Å². The molecule has 2 aromatic rings. The standard InChI is InChI=1S/C16H22N6O3/c1-11-10-21(6-7-25-11)14-8-13(4-5-17-14)9-18-16-15(22(23)24)12(2)19-20(16)3/h4-5,8,11,18H,6-7,9-10H2,1-3H3/t11-/m1/s1. The summed E-state index contributed by atoms with van der Waals surface area (Å²) < 4.78 is 7.06. The predicted molar refractivity (Wildman–Crippen MR) is 93.8 cm³/mol. The molecule has 0 aromatic carbocycles. The fourth-order valence-corrected chi connectivity index (χ4v) is 3.02. The van der Waals surface area contributed by atoms with E-state index < -0.39 is 4.92 Å². The summed E-state index contributed by atoms with van der Waals surface area (Å²) in [4.78, 5) is 17.5. The lowest BCUT2D eigenvalue weighted by molar-refractivity contribution is -0.384. The van der Waals surface area contributed by atoms with Crippen LogP contribution in [0.2, 0.25) is 0 Å². The Morgan fingerprint density at radius 3 is 3.04 bits per heavy atom. The van der Waals surface area contributed by atoms with Crippen LogP contribution in [0, 0.1) is 17.0 Å². The van der Waals surface area contributed by atoms with Crippen LogP contribution in [0.1, 0.15) is 18.2 Å². The number of hydrogen-bond donors (Lipinski definition) is 1. The molecular weight excluding hydrogens is 324 g/mol. The van der Waals surface area contributed by atoms with Gasteiger partial charge in [0.2, 0.25) is 5.82 Å². The number of anilines is 2. The Bertz CT molecular complexity index is 775. The van der Waals surface area contributed by atoms with Crippen molar-refractivity contribution < 1.29 is 9.66 Å². The Morgan fingerprint density at radius 2 is 2.32 bits per heavy atom. The second-order valence-corrected chi connectivity index (χ2v) is 6.17. The minimum atomic E-state index is -0.405. The van der Waals surface area contributed by atoms with Gasteiger partial charge in [0.25, 0.3) is 0 Å². The van der Waals surface area contributed by atoms with E-state index in [0.29, 0.717) is 24.7 Å². The van der Waals surface area contributed by atoms with Crippen molar-refractivity contribution in [3.63, 3.8) is 0 Å². The SMILES string of the molecule is Cc1nn(C)c(NCc2ccnc(N3CCO[C@H](C)C3)c2)c1[N+](=O)[O-]. The number of morpholine rings is 1. The van der Waals surface area contributed by atoms with E-state index in [1.165, 1.54) is 4.68 Å². The number of aryl methyl sites for hydroxylation is 2. The molecular formula is C16H22N6O3. The summed E-state index contributed by atoms with van der Waals surface area (Å²) >= 11 is 0. The molecule has 1 atom stereocenters. The zero-order valence-electron chi connectivity index (χ0n) is 14.6. The first kappa shape index (κ1) is 17.2. The highest BCUT2D eigenvalue weighted by Gasteiger charge is 2.24. The Balaban J connectivity index is 1.74. The van der Waals surface area contributed by atoms with Gasteiger partial charge in [-0.2, -0.15) is 5.10 Å². The number of nitro groups is 1. The van der Waals surface area contributed by atoms with Crippen molar-refractivity contribution in [3.8, 4) is 0 Å². The second kappa shape index (κ2) is 7.06. The third-order valence-electron chi connectivity index (χ3n) is 4.21. The molecule has 134 valence electrons. The molecule has 1 fully saturated rings. The van der Waals surface area contributed by atoms with E-state index in [1.807, 2.05) is 19.1 Å². The fourth-order valence-electron chi connectivity index (χ4n) is 3.02. The van der Waals surface area contributed by atoms with Gasteiger partial charge in [-0.05, 0) is 31.5 Å². The molecule has 0 amide bonds. The van der Waals surface area contributed by atoms with Crippen molar-refractivity contribution in [2.75, 3.05) is 29.9 Å². The molecule has 25 heavy (non-hydrogen) atoms. The molecule has 1 saturated heterocycles. The predicted octanol–water partition coefficient (Wildman–Crippen LogP) is 1.87. The maximum absolute atomic E-state index is 11.2. The zero-order chi connectivity index (χ0) is 18.0. The highest BCUT2D eigenvalue weighted by atomic mass is 16.6. The average Bonchev–Trinajstić information content (AvgIpc) is 2.87. The number of rotatable bonds is 5. The maximum atomic E-state index is 11.2. The van der Waals surface area contributed by atoms with Crippen LogP contribution in [0.15, 0.2) is 18.3 Å². The molecule has 0 saturated carbocycles. The Kier molecular flexibility index (Phi) is 4.84. The Morgan fingerprint density at radius 1 is 1.52 bits per heavy atom. The summed E-state index contributed by atoms with van der Waals surface area (Å²) in [5.41, 5.74) is 1.41. The molecule has 1 aliphatic rings. The first-order valence-corrected chi connectivity index (χ1v) is 8.19. The van der Waals surface area contributed by atoms with E-state index >= 15 is 0 Å². The summed E-state index contributed by atoms with van der Waals surface area (Å²) in [5, 5.41) is 18.5. The summed E-state index contributed by atoms with van der Waals surface area (Å²) in [6.07, 6.45) is 1.94. The molecule has 3 heterocycles. The molecule has 0 radical (unpaired) electrons. The van der Waals surface area contributed by atoms with E-state index in [4.69, 9.17) is 4.74 Å². The Labute approximate surface area is 145 Å². The molecule has 0 spiro atoms. The van der Waals surface area contributed by atoms with Crippen LogP contribution in [0.25, 0.3) is 0 Å². The Hall–Kier alpha value is -2.68. The molecule has 0 aliphatic carbocycles. The van der Waals surface area contributed by atoms with Crippen LogP contribution in [0.3, 0.4) is 0 Å². The molecule has 9 heteroatoms. The topological polar surface area (TPSA) is 98.4 Å². The molecule has 2 aromatic heterocycles. The van der Waals surface area contributed by atoms with Crippen molar-refractivity contribution in [1.82, 2.24) is 14.8 Å². The van der Waals surface area contributed by atoms with Crippen molar-refractivity contribution in [2.24, 2.45) is 7.05 Å². The summed E-state index contributed by atoms with van der Waals surface area (Å²) in [6, 6.07) is 3.90. The van der Waals surface area contributed by atoms with Crippen molar-refractivity contribution >= 4 is 17.3 Å². The molecule has 0 bridgehead atoms. The fraction of sp³-hybridized carbons (Fsp3) is 0.500. The van der Waals surface area contributed by atoms with Gasteiger partial charge >= 0.3 is 5.69 Å². The largest absolute Gasteiger partial charge is 0.375 e. The lowest BCUT2D eigenvalue weighted by atomic mass is 10.2. The minimum Gasteiger partial charge on any atom is -0.375 e. The van der Waals surface area contributed by atoms with E-state index in [-0.39, 0.29) is 11.8 Å². The van der Waals surface area contributed by atoms with Crippen molar-refractivity contribution in [1.29, 1.82) is 0 Å². The van der Waals surface area contributed by atoms with Gasteiger partial charge in [0.15, 0.2) is 0 Å². The monoisotopic (exact) mass is 346 g/mol. The van der Waals surface area contributed by atoms with Gasteiger partial charge in [0, 0.05) is 32.9 Å². The van der Waals surface area contributed by atoms with E-state index in [9.17, 15) is 10.1 Å². The van der Waals surface area contributed by atoms with Gasteiger partial charge < -0.3 is 15.0 Å². The zero-order valence-corrected chi connectivity index (χ0v) is 14.6. The van der Waals surface area contributed by atoms with Gasteiger partial charge in [-0.15, -0.1) is 0 Å². The minimum absolute atomic E-state index is 0.0128. The lowest BCUT2D eigenvalue weighted by Gasteiger charge is -2.32. The molecule has 1 N–H and O–H groups in total. The quantitative estimate of drug-likeness (QED) is 0.652. The third kappa shape index (κ3) is 3.71. The maximum Gasteiger partial charge on any atom is 0.333 e. The number of nitrogens with zero attached hydrogens (tertiary/aromatic N) is 5. The number of hydrogen-bond acceptors (Lipinski definition) is 7. The number of aromatic nitrogens is 3. The highest BCUT2D eigenvalue weighted by molar-refractivity contribution is 5.59. The second-order valence-electron chi connectivity index (χ2n) is 6.17. The first-order valence-electron chi connectivity index (χ1n) is 8.19. The normalized spacial score (nSPS) is 17.6. The van der Waals surface area contributed by atoms with E-state index in [2.05, 4.69) is 20.3 Å². The van der Waals surface area contributed by atoms with E-state index in [0.717, 1.165) is 24.5 Å². The van der Waals surface area contributed by atoms with Crippen LogP contribution < -0.4 is 10.2 Å². The van der Waals surface area contributed by atoms with Crippen molar-refractivity contribution in [3.05, 3.63) is 39.7 Å². The van der Waals surface area contributed by atoms with Gasteiger partial charge in [0.05, 0.1) is 17.6 Å². The smallest absolute Gasteiger partial charge is 0.333 e. The van der Waals surface area contributed by atoms with Crippen LogP contribution in [0.5, 0.6) is 0 Å². The summed E-state index contributed by atoms with van der Waals surface area (Å²) in [5.74, 6) is 1.30. The molecule has 3 rings (SSSR count). The van der Waals surface area contributed by atoms with Gasteiger partial charge in [-0.3, -0.25) is 10.1 Å². The van der Waals surface area contributed by atoms with Gasteiger partial charge in [-0.25, -0.2) is 9.67 Å². The van der Waals surface area contributed by atoms with Crippen LogP contribution in [0.4, 0.5) is 17.3 Å². The molecule has 0 unspecified atom stereocenters. The summed E-state index contributed by atoms with van der Waals surface area (Å²) in [6.45, 7) is 6.42. The number of nitrogens with one attached hydrogen (secondary N) is 1. The number of ether oxygens (including phenoxy) is 1. The van der Waals surface area contributed by atoms with Crippen molar-refractivity contribution in [2.45, 2.75) is 26.5 Å². The van der Waals surface area contributed by atoms with Crippen LogP contribution >= 0.6 is 0 Å². The third-order valence-corrected chi connectivity index (χ3v) is 4.21. The highest BCUT2D eigenvalue weighted by Crippen LogP contribution is 2.28. The van der Waals surface area contributed by atoms with Crippen LogP contribution in [-0.2, 0) is 18.3 Å². The summed E-state index contributed by atoms with van der Waals surface area (Å²) in [7, 11) is 1.69. The molecule has 1 aliphatic heterocycles. The lowest BCUT2D eigenvalue weighted by Crippen LogP contribution is -2.41. The number of pyridine rings is 1.